The van der Waals surface area contributed by atoms with Crippen molar-refractivity contribution in [1.82, 2.24) is 4.57 Å². The molecule has 0 atom stereocenters. The van der Waals surface area contributed by atoms with E-state index in [0.717, 1.165) is 17.2 Å². The van der Waals surface area contributed by atoms with Crippen LogP contribution in [-0.4, -0.2) is 16.3 Å². The van der Waals surface area contributed by atoms with Crippen molar-refractivity contribution >= 4 is 0 Å². The Bertz CT molecular complexity index is 629. The van der Waals surface area contributed by atoms with E-state index >= 15 is 0 Å². The topological polar surface area (TPSA) is 25.2 Å². The highest BCUT2D eigenvalue weighted by Crippen LogP contribution is 2.39. The molecule has 0 unspecified atom stereocenters. The van der Waals surface area contributed by atoms with Crippen molar-refractivity contribution in [3.8, 4) is 11.3 Å². The highest BCUT2D eigenvalue weighted by Gasteiger charge is 2.34. The molecule has 1 aromatic heterocycles. The maximum absolute atomic E-state index is 13.2. The van der Waals surface area contributed by atoms with Gasteiger partial charge in [0.1, 0.15) is 0 Å². The number of hydrogen-bond acceptors (Lipinski definition) is 1. The molecule has 2 aromatic rings. The van der Waals surface area contributed by atoms with Gasteiger partial charge in [-0.15, -0.1) is 0 Å². The average molecular weight is 296 g/mol. The Morgan fingerprint density at radius 2 is 1.90 bits per heavy atom. The third-order valence-electron chi connectivity index (χ3n) is 3.53. The molecule has 0 aliphatic rings. The smallest absolute Gasteiger partial charge is 0.395 e. The number of rotatable bonds is 4. The van der Waals surface area contributed by atoms with Gasteiger partial charge in [0.05, 0.1) is 17.9 Å². The van der Waals surface area contributed by atoms with Crippen LogP contribution >= 0.6 is 0 Å². The van der Waals surface area contributed by atoms with Crippen molar-refractivity contribution < 1.29 is 18.3 Å². The van der Waals surface area contributed by atoms with Gasteiger partial charge in [-0.25, -0.2) is 0 Å². The van der Waals surface area contributed by atoms with Crippen LogP contribution in [0.15, 0.2) is 30.5 Å². The molecule has 0 saturated carbocycles. The summed E-state index contributed by atoms with van der Waals surface area (Å²) in [7, 11) is 0. The standard InChI is InChI=1S/C16H17F3NO/c1-3-12-10-20(8-9-21)15(11(12)2)13-6-4-5-7-14(13)16(17,18)19/h4-7,10,21H,1,3,8-9H2,2H3. The minimum Gasteiger partial charge on any atom is -0.395 e. The summed E-state index contributed by atoms with van der Waals surface area (Å²) in [4.78, 5) is 0. The molecule has 0 fully saturated rings. The number of benzene rings is 1. The van der Waals surface area contributed by atoms with Crippen LogP contribution < -0.4 is 0 Å². The Hall–Kier alpha value is -1.75. The van der Waals surface area contributed by atoms with Crippen molar-refractivity contribution in [2.24, 2.45) is 0 Å². The predicted octanol–water partition coefficient (Wildman–Crippen LogP) is 3.85. The van der Waals surface area contributed by atoms with E-state index in [1.807, 2.05) is 0 Å². The van der Waals surface area contributed by atoms with Crippen molar-refractivity contribution in [1.29, 1.82) is 0 Å². The minimum atomic E-state index is -4.41. The van der Waals surface area contributed by atoms with Gasteiger partial charge in [-0.1, -0.05) is 18.2 Å². The van der Waals surface area contributed by atoms with Gasteiger partial charge in [-0.3, -0.25) is 0 Å². The molecule has 2 rings (SSSR count). The van der Waals surface area contributed by atoms with Crippen molar-refractivity contribution in [3.63, 3.8) is 0 Å². The molecule has 5 heteroatoms. The Morgan fingerprint density at radius 1 is 1.24 bits per heavy atom. The maximum atomic E-state index is 13.2. The number of aromatic nitrogens is 1. The first kappa shape index (κ1) is 15.6. The van der Waals surface area contributed by atoms with Crippen LogP contribution in [-0.2, 0) is 19.1 Å². The number of aliphatic hydroxyl groups excluding tert-OH is 1. The second-order valence-electron chi connectivity index (χ2n) is 4.84. The molecule has 21 heavy (non-hydrogen) atoms. The monoisotopic (exact) mass is 296 g/mol. The zero-order valence-electron chi connectivity index (χ0n) is 11.7. The quantitative estimate of drug-likeness (QED) is 0.911. The van der Waals surface area contributed by atoms with E-state index < -0.39 is 11.7 Å². The van der Waals surface area contributed by atoms with Crippen LogP contribution in [0.3, 0.4) is 0 Å². The van der Waals surface area contributed by atoms with Crippen molar-refractivity contribution in [2.75, 3.05) is 6.61 Å². The van der Waals surface area contributed by atoms with E-state index in [9.17, 15) is 13.2 Å². The van der Waals surface area contributed by atoms with Crippen LogP contribution in [0.5, 0.6) is 0 Å². The summed E-state index contributed by atoms with van der Waals surface area (Å²) < 4.78 is 41.3. The minimum absolute atomic E-state index is 0.133. The number of nitrogens with zero attached hydrogens (tertiary/aromatic N) is 1. The highest BCUT2D eigenvalue weighted by atomic mass is 19.4. The zero-order valence-corrected chi connectivity index (χ0v) is 11.7. The summed E-state index contributed by atoms with van der Waals surface area (Å²) in [5.41, 5.74) is 1.62. The van der Waals surface area contributed by atoms with Crippen molar-refractivity contribution in [2.45, 2.75) is 26.1 Å². The molecular weight excluding hydrogens is 279 g/mol. The number of halogens is 3. The maximum Gasteiger partial charge on any atom is 0.417 e. The fourth-order valence-corrected chi connectivity index (χ4v) is 2.55. The molecule has 0 bridgehead atoms. The summed E-state index contributed by atoms with van der Waals surface area (Å²) in [5.74, 6) is 0. The number of hydrogen-bond donors (Lipinski definition) is 1. The van der Waals surface area contributed by atoms with Crippen LogP contribution in [0.25, 0.3) is 11.3 Å². The average Bonchev–Trinajstić information content (AvgIpc) is 2.74. The Labute approximate surface area is 121 Å². The number of alkyl halides is 3. The summed E-state index contributed by atoms with van der Waals surface area (Å²) in [6.07, 6.45) is -2.16. The van der Waals surface area contributed by atoms with Crippen LogP contribution in [0, 0.1) is 13.8 Å². The van der Waals surface area contributed by atoms with E-state index in [2.05, 4.69) is 6.92 Å². The van der Waals surface area contributed by atoms with Gasteiger partial charge >= 0.3 is 6.18 Å². The summed E-state index contributed by atoms with van der Waals surface area (Å²) >= 11 is 0. The molecule has 1 radical (unpaired) electrons. The Morgan fingerprint density at radius 3 is 2.48 bits per heavy atom. The lowest BCUT2D eigenvalue weighted by molar-refractivity contribution is -0.137. The third-order valence-corrected chi connectivity index (χ3v) is 3.53. The molecular formula is C16H17F3NO. The van der Waals surface area contributed by atoms with Crippen LogP contribution in [0.1, 0.15) is 16.7 Å². The highest BCUT2D eigenvalue weighted by molar-refractivity contribution is 5.70. The third kappa shape index (κ3) is 2.97. The fourth-order valence-electron chi connectivity index (χ4n) is 2.55. The van der Waals surface area contributed by atoms with E-state index in [1.165, 1.54) is 12.1 Å². The van der Waals surface area contributed by atoms with Gasteiger partial charge < -0.3 is 9.67 Å². The molecule has 1 heterocycles. The van der Waals surface area contributed by atoms with Gasteiger partial charge in [0.2, 0.25) is 0 Å². The van der Waals surface area contributed by atoms with Crippen molar-refractivity contribution in [3.05, 3.63) is 54.1 Å². The zero-order chi connectivity index (χ0) is 15.6. The molecule has 0 aliphatic heterocycles. The predicted molar refractivity (Wildman–Crippen MR) is 75.8 cm³/mol. The molecule has 0 saturated heterocycles. The summed E-state index contributed by atoms with van der Waals surface area (Å²) in [6.45, 7) is 5.71. The van der Waals surface area contributed by atoms with Gasteiger partial charge in [0.25, 0.3) is 0 Å². The molecule has 0 spiro atoms. The van der Waals surface area contributed by atoms with E-state index in [4.69, 9.17) is 5.11 Å². The molecule has 0 amide bonds. The fraction of sp³-hybridized carbons (Fsp3) is 0.312. The SMILES string of the molecule is [CH2]Cc1cn(CCO)c(-c2ccccc2C(F)(F)F)c1C. The first-order valence-corrected chi connectivity index (χ1v) is 6.65. The lowest BCUT2D eigenvalue weighted by Crippen LogP contribution is -2.10. The van der Waals surface area contributed by atoms with Crippen LogP contribution in [0.2, 0.25) is 0 Å². The lowest BCUT2D eigenvalue weighted by Gasteiger charge is -2.15. The van der Waals surface area contributed by atoms with E-state index in [1.54, 1.807) is 23.8 Å². The normalized spacial score (nSPS) is 11.9. The summed E-state index contributed by atoms with van der Waals surface area (Å²) in [5, 5.41) is 9.13. The molecule has 1 aromatic carbocycles. The molecule has 2 nitrogen and oxygen atoms in total. The largest absolute Gasteiger partial charge is 0.417 e. The Balaban J connectivity index is 2.69. The van der Waals surface area contributed by atoms with Gasteiger partial charge in [-0.05, 0) is 37.5 Å². The van der Waals surface area contributed by atoms with E-state index in [-0.39, 0.29) is 18.7 Å². The lowest BCUT2D eigenvalue weighted by atomic mass is 9.99. The summed E-state index contributed by atoms with van der Waals surface area (Å²) in [6, 6.07) is 5.51. The first-order chi connectivity index (χ1) is 9.90. The van der Waals surface area contributed by atoms with Gasteiger partial charge in [0, 0.05) is 18.3 Å². The van der Waals surface area contributed by atoms with Crippen LogP contribution in [0.4, 0.5) is 13.2 Å². The molecule has 0 aliphatic carbocycles. The molecule has 1 N–H and O–H groups in total. The molecule has 113 valence electrons. The van der Waals surface area contributed by atoms with E-state index in [0.29, 0.717) is 12.1 Å². The Kier molecular flexibility index (Phi) is 4.42. The van der Waals surface area contributed by atoms with Gasteiger partial charge in [0.15, 0.2) is 0 Å². The number of aliphatic hydroxyl groups is 1. The van der Waals surface area contributed by atoms with Gasteiger partial charge in [-0.2, -0.15) is 13.2 Å². The second-order valence-corrected chi connectivity index (χ2v) is 4.84. The second kappa shape index (κ2) is 5.93. The first-order valence-electron chi connectivity index (χ1n) is 6.65.